The van der Waals surface area contributed by atoms with Crippen LogP contribution >= 0.6 is 0 Å². The second kappa shape index (κ2) is 5.20. The van der Waals surface area contributed by atoms with E-state index in [1.54, 1.807) is 11.9 Å². The van der Waals surface area contributed by atoms with Gasteiger partial charge in [0.25, 0.3) is 0 Å². The van der Waals surface area contributed by atoms with Crippen LogP contribution in [-0.2, 0) is 10.9 Å². The Morgan fingerprint density at radius 2 is 2.21 bits per heavy atom. The van der Waals surface area contributed by atoms with Gasteiger partial charge in [0.2, 0.25) is 5.82 Å². The summed E-state index contributed by atoms with van der Waals surface area (Å²) >= 11 is 0. The van der Waals surface area contributed by atoms with Crippen LogP contribution in [0.25, 0.3) is 0 Å². The number of alkyl halides is 3. The van der Waals surface area contributed by atoms with E-state index in [2.05, 4.69) is 9.97 Å². The number of nitrogens with zero attached hydrogens (tertiary/aromatic N) is 3. The third-order valence-corrected chi connectivity index (χ3v) is 2.88. The minimum absolute atomic E-state index is 0.0236. The Balaban J connectivity index is 2.16. The molecule has 1 aliphatic heterocycles. The fraction of sp³-hybridized carbons (Fsp3) is 0.636. The van der Waals surface area contributed by atoms with Crippen LogP contribution in [0.5, 0.6) is 0 Å². The monoisotopic (exact) mass is 276 g/mol. The summed E-state index contributed by atoms with van der Waals surface area (Å²) in [6.45, 7) is 1.17. The number of likely N-dealkylation sites (N-methyl/N-ethyl adjacent to an activating group) is 1. The summed E-state index contributed by atoms with van der Waals surface area (Å²) in [7, 11) is 1.66. The van der Waals surface area contributed by atoms with Crippen molar-refractivity contribution in [2.24, 2.45) is 0 Å². The van der Waals surface area contributed by atoms with E-state index in [9.17, 15) is 13.2 Å². The third kappa shape index (κ3) is 3.46. The van der Waals surface area contributed by atoms with Crippen molar-refractivity contribution in [3.8, 4) is 0 Å². The number of hydrogen-bond acceptors (Lipinski definition) is 5. The van der Waals surface area contributed by atoms with Crippen molar-refractivity contribution in [3.05, 3.63) is 11.9 Å². The van der Waals surface area contributed by atoms with Crippen LogP contribution in [0.15, 0.2) is 6.07 Å². The highest BCUT2D eigenvalue weighted by molar-refractivity contribution is 5.46. The Labute approximate surface area is 108 Å². The predicted molar refractivity (Wildman–Crippen MR) is 63.7 cm³/mol. The van der Waals surface area contributed by atoms with Gasteiger partial charge in [0.15, 0.2) is 0 Å². The van der Waals surface area contributed by atoms with E-state index in [1.807, 2.05) is 0 Å². The fourth-order valence-electron chi connectivity index (χ4n) is 1.96. The van der Waals surface area contributed by atoms with Crippen LogP contribution in [-0.4, -0.2) is 36.3 Å². The van der Waals surface area contributed by atoms with Crippen LogP contribution in [0.1, 0.15) is 18.7 Å². The summed E-state index contributed by atoms with van der Waals surface area (Å²) in [6, 6.07) is 1.32. The number of nitrogens with two attached hydrogens (primary N) is 1. The van der Waals surface area contributed by atoms with E-state index in [4.69, 9.17) is 10.5 Å². The van der Waals surface area contributed by atoms with Crippen LogP contribution in [0.4, 0.5) is 24.8 Å². The summed E-state index contributed by atoms with van der Waals surface area (Å²) in [5.74, 6) is -1.27. The summed E-state index contributed by atoms with van der Waals surface area (Å²) in [4.78, 5) is 8.30. The average Bonchev–Trinajstić information content (AvgIpc) is 2.79. The number of hydrogen-bond donors (Lipinski definition) is 1. The van der Waals surface area contributed by atoms with Crippen LogP contribution in [0.2, 0.25) is 0 Å². The Kier molecular flexibility index (Phi) is 3.79. The molecule has 0 bridgehead atoms. The number of rotatable bonds is 3. The first-order valence-corrected chi connectivity index (χ1v) is 5.91. The molecule has 0 amide bonds. The van der Waals surface area contributed by atoms with Crippen molar-refractivity contribution in [2.45, 2.75) is 25.1 Å². The molecule has 1 atom stereocenters. The van der Waals surface area contributed by atoms with E-state index in [1.165, 1.54) is 6.07 Å². The smallest absolute Gasteiger partial charge is 0.384 e. The lowest BCUT2D eigenvalue weighted by Crippen LogP contribution is -2.30. The first-order valence-electron chi connectivity index (χ1n) is 5.91. The fourth-order valence-corrected chi connectivity index (χ4v) is 1.96. The van der Waals surface area contributed by atoms with Crippen molar-refractivity contribution < 1.29 is 17.9 Å². The maximum atomic E-state index is 12.6. The number of ether oxygens (including phenoxy) is 1. The maximum absolute atomic E-state index is 12.6. The zero-order valence-electron chi connectivity index (χ0n) is 10.4. The molecular formula is C11H15F3N4O. The highest BCUT2D eigenvalue weighted by Gasteiger charge is 2.35. The van der Waals surface area contributed by atoms with E-state index in [0.29, 0.717) is 13.2 Å². The predicted octanol–water partition coefficient (Wildman–Crippen LogP) is 1.69. The highest BCUT2D eigenvalue weighted by atomic mass is 19.4. The maximum Gasteiger partial charge on any atom is 0.451 e. The second-order valence-corrected chi connectivity index (χ2v) is 4.49. The summed E-state index contributed by atoms with van der Waals surface area (Å²) in [6.07, 6.45) is -2.71. The summed E-state index contributed by atoms with van der Waals surface area (Å²) < 4.78 is 43.2. The van der Waals surface area contributed by atoms with E-state index in [-0.39, 0.29) is 17.7 Å². The molecule has 2 rings (SSSR count). The van der Waals surface area contributed by atoms with Gasteiger partial charge >= 0.3 is 6.18 Å². The summed E-state index contributed by atoms with van der Waals surface area (Å²) in [5.41, 5.74) is 5.39. The van der Waals surface area contributed by atoms with E-state index >= 15 is 0 Å². The second-order valence-electron chi connectivity index (χ2n) is 4.49. The van der Waals surface area contributed by atoms with Gasteiger partial charge in [0, 0.05) is 26.3 Å². The van der Waals surface area contributed by atoms with Crippen LogP contribution < -0.4 is 10.6 Å². The Hall–Kier alpha value is -1.57. The Morgan fingerprint density at radius 1 is 1.47 bits per heavy atom. The molecule has 0 aromatic carbocycles. The molecule has 1 unspecified atom stereocenters. The molecule has 2 N–H and O–H groups in total. The van der Waals surface area contributed by atoms with Gasteiger partial charge in [0.05, 0.1) is 6.10 Å². The largest absolute Gasteiger partial charge is 0.451 e. The molecule has 5 nitrogen and oxygen atoms in total. The molecule has 2 heterocycles. The Bertz CT molecular complexity index is 446. The minimum Gasteiger partial charge on any atom is -0.384 e. The minimum atomic E-state index is -4.60. The van der Waals surface area contributed by atoms with Crippen molar-refractivity contribution in [2.75, 3.05) is 30.8 Å². The van der Waals surface area contributed by atoms with Crippen molar-refractivity contribution >= 4 is 11.6 Å². The third-order valence-electron chi connectivity index (χ3n) is 2.88. The number of halogens is 3. The van der Waals surface area contributed by atoms with Crippen LogP contribution in [0.3, 0.4) is 0 Å². The SMILES string of the molecule is CN(CC1CCCO1)c1cc(N)nc(C(F)(F)F)n1. The Morgan fingerprint density at radius 3 is 2.79 bits per heavy atom. The van der Waals surface area contributed by atoms with Gasteiger partial charge in [0.1, 0.15) is 11.6 Å². The zero-order valence-corrected chi connectivity index (χ0v) is 10.4. The van der Waals surface area contributed by atoms with Crippen LogP contribution in [0, 0.1) is 0 Å². The lowest BCUT2D eigenvalue weighted by molar-refractivity contribution is -0.144. The molecule has 1 saturated heterocycles. The molecule has 0 radical (unpaired) electrons. The normalized spacial score (nSPS) is 19.7. The molecule has 106 valence electrons. The molecule has 1 fully saturated rings. The van der Waals surface area contributed by atoms with Gasteiger partial charge in [-0.1, -0.05) is 0 Å². The van der Waals surface area contributed by atoms with Crippen molar-refractivity contribution in [1.82, 2.24) is 9.97 Å². The number of nitrogen functional groups attached to an aromatic ring is 1. The molecule has 0 aliphatic carbocycles. The quantitative estimate of drug-likeness (QED) is 0.910. The molecule has 1 aromatic rings. The molecule has 0 spiro atoms. The standard InChI is InChI=1S/C11H15F3N4O/c1-18(6-7-3-2-4-19-7)9-5-8(15)16-10(17-9)11(12,13)14/h5,7H,2-4,6H2,1H3,(H2,15,16,17). The molecule has 1 aromatic heterocycles. The molecule has 0 saturated carbocycles. The summed E-state index contributed by atoms with van der Waals surface area (Å²) in [5, 5.41) is 0. The average molecular weight is 276 g/mol. The first-order chi connectivity index (χ1) is 8.86. The first kappa shape index (κ1) is 13.9. The number of aromatic nitrogens is 2. The van der Waals surface area contributed by atoms with Crippen molar-refractivity contribution in [3.63, 3.8) is 0 Å². The lowest BCUT2D eigenvalue weighted by atomic mass is 10.2. The van der Waals surface area contributed by atoms with Crippen molar-refractivity contribution in [1.29, 1.82) is 0 Å². The van der Waals surface area contributed by atoms with Gasteiger partial charge in [-0.3, -0.25) is 0 Å². The van der Waals surface area contributed by atoms with Gasteiger partial charge < -0.3 is 15.4 Å². The highest BCUT2D eigenvalue weighted by Crippen LogP contribution is 2.28. The number of anilines is 2. The van der Waals surface area contributed by atoms with Gasteiger partial charge in [-0.05, 0) is 12.8 Å². The molecule has 19 heavy (non-hydrogen) atoms. The lowest BCUT2D eigenvalue weighted by Gasteiger charge is -2.22. The van der Waals surface area contributed by atoms with E-state index < -0.39 is 12.0 Å². The van der Waals surface area contributed by atoms with Gasteiger partial charge in [-0.15, -0.1) is 0 Å². The molecule has 1 aliphatic rings. The van der Waals surface area contributed by atoms with Gasteiger partial charge in [-0.2, -0.15) is 13.2 Å². The molecular weight excluding hydrogens is 261 g/mol. The van der Waals surface area contributed by atoms with E-state index in [0.717, 1.165) is 12.8 Å². The topological polar surface area (TPSA) is 64.3 Å². The van der Waals surface area contributed by atoms with Gasteiger partial charge in [-0.25, -0.2) is 9.97 Å². The zero-order chi connectivity index (χ0) is 14.0. The molecule has 8 heteroatoms.